The molecular weight excluding hydrogens is 206 g/mol. The molecule has 1 aromatic heterocycles. The normalized spacial score (nSPS) is 16.3. The second kappa shape index (κ2) is 4.64. The van der Waals surface area contributed by atoms with Crippen molar-refractivity contribution in [3.8, 4) is 0 Å². The first-order valence-corrected chi connectivity index (χ1v) is 6.21. The second-order valence-electron chi connectivity index (χ2n) is 5.18. The van der Waals surface area contributed by atoms with Gasteiger partial charge in [-0.25, -0.2) is 0 Å². The molecule has 0 saturated heterocycles. The Morgan fingerprint density at radius 3 is 2.47 bits per heavy atom. The summed E-state index contributed by atoms with van der Waals surface area (Å²) in [5, 5.41) is 15.6. The Labute approximate surface area is 96.3 Å². The van der Waals surface area contributed by atoms with Crippen LogP contribution in [0.25, 0.3) is 0 Å². The molecule has 1 atom stereocenters. The maximum Gasteiger partial charge on any atom is 0.0971 e. The van der Waals surface area contributed by atoms with Crippen LogP contribution in [0.5, 0.6) is 0 Å². The first-order chi connectivity index (χ1) is 6.81. The fourth-order valence-electron chi connectivity index (χ4n) is 1.39. The number of hydrogen-bond acceptors (Lipinski definition) is 3. The molecule has 0 aliphatic heterocycles. The molecule has 1 aromatic rings. The molecule has 0 amide bonds. The highest BCUT2D eigenvalue weighted by molar-refractivity contribution is 7.10. The van der Waals surface area contributed by atoms with Gasteiger partial charge in [-0.2, -0.15) is 0 Å². The Morgan fingerprint density at radius 2 is 2.00 bits per heavy atom. The lowest BCUT2D eigenvalue weighted by molar-refractivity contribution is 0.0501. The largest absolute Gasteiger partial charge is 0.385 e. The molecule has 0 aliphatic rings. The van der Waals surface area contributed by atoms with Gasteiger partial charge in [0, 0.05) is 10.4 Å². The molecule has 0 spiro atoms. The SMILES string of the molecule is CC(C)(C)NCCC(C)(O)c1cccs1. The van der Waals surface area contributed by atoms with E-state index >= 15 is 0 Å². The van der Waals surface area contributed by atoms with Gasteiger partial charge in [-0.3, -0.25) is 0 Å². The van der Waals surface area contributed by atoms with Crippen molar-refractivity contribution < 1.29 is 5.11 Å². The van der Waals surface area contributed by atoms with Crippen LogP contribution in [0, 0.1) is 0 Å². The van der Waals surface area contributed by atoms with Crippen LogP contribution in [-0.4, -0.2) is 17.2 Å². The summed E-state index contributed by atoms with van der Waals surface area (Å²) < 4.78 is 0. The number of thiophene rings is 1. The van der Waals surface area contributed by atoms with Crippen LogP contribution < -0.4 is 5.32 Å². The van der Waals surface area contributed by atoms with Crippen molar-refractivity contribution in [2.24, 2.45) is 0 Å². The quantitative estimate of drug-likeness (QED) is 0.829. The Morgan fingerprint density at radius 1 is 1.33 bits per heavy atom. The van der Waals surface area contributed by atoms with Gasteiger partial charge in [0.05, 0.1) is 5.60 Å². The van der Waals surface area contributed by atoms with Crippen molar-refractivity contribution in [1.82, 2.24) is 5.32 Å². The third kappa shape index (κ3) is 4.33. The molecule has 0 aliphatic carbocycles. The second-order valence-corrected chi connectivity index (χ2v) is 6.13. The zero-order valence-corrected chi connectivity index (χ0v) is 10.8. The van der Waals surface area contributed by atoms with Crippen molar-refractivity contribution in [2.45, 2.75) is 45.3 Å². The molecule has 1 heterocycles. The Hall–Kier alpha value is -0.380. The van der Waals surface area contributed by atoms with Gasteiger partial charge < -0.3 is 10.4 Å². The summed E-state index contributed by atoms with van der Waals surface area (Å²) in [5.41, 5.74) is -0.585. The predicted octanol–water partition coefficient (Wildman–Crippen LogP) is 2.73. The summed E-state index contributed by atoms with van der Waals surface area (Å²) in [5.74, 6) is 0. The Bertz CT molecular complexity index is 285. The zero-order valence-electron chi connectivity index (χ0n) is 10.0. The first kappa shape index (κ1) is 12.7. The van der Waals surface area contributed by atoms with E-state index in [4.69, 9.17) is 0 Å². The first-order valence-electron chi connectivity index (χ1n) is 5.33. The highest BCUT2D eigenvalue weighted by atomic mass is 32.1. The van der Waals surface area contributed by atoms with Gasteiger partial charge >= 0.3 is 0 Å². The molecule has 0 fully saturated rings. The third-order valence-electron chi connectivity index (χ3n) is 2.32. The lowest BCUT2D eigenvalue weighted by atomic mass is 9.99. The van der Waals surface area contributed by atoms with E-state index in [9.17, 15) is 5.11 Å². The molecular formula is C12H21NOS. The lowest BCUT2D eigenvalue weighted by Crippen LogP contribution is -2.38. The number of nitrogens with one attached hydrogen (secondary N) is 1. The average molecular weight is 227 g/mol. The van der Waals surface area contributed by atoms with Gasteiger partial charge in [-0.1, -0.05) is 6.07 Å². The van der Waals surface area contributed by atoms with Crippen LogP contribution in [0.2, 0.25) is 0 Å². The lowest BCUT2D eigenvalue weighted by Gasteiger charge is -2.26. The van der Waals surface area contributed by atoms with Crippen molar-refractivity contribution in [3.63, 3.8) is 0 Å². The summed E-state index contributed by atoms with van der Waals surface area (Å²) in [6.07, 6.45) is 0.741. The molecule has 0 aromatic carbocycles. The minimum absolute atomic E-state index is 0.117. The van der Waals surface area contributed by atoms with Gasteiger partial charge in [0.2, 0.25) is 0 Å². The molecule has 1 unspecified atom stereocenters. The number of hydrogen-bond donors (Lipinski definition) is 2. The van der Waals surface area contributed by atoms with Gasteiger partial charge in [0.15, 0.2) is 0 Å². The van der Waals surface area contributed by atoms with E-state index in [1.54, 1.807) is 11.3 Å². The van der Waals surface area contributed by atoms with Crippen molar-refractivity contribution in [3.05, 3.63) is 22.4 Å². The summed E-state index contributed by atoms with van der Waals surface area (Å²) in [6.45, 7) is 9.10. The maximum absolute atomic E-state index is 10.2. The molecule has 1 rings (SSSR count). The van der Waals surface area contributed by atoms with Gasteiger partial charge in [-0.05, 0) is 52.1 Å². The van der Waals surface area contributed by atoms with E-state index in [1.807, 2.05) is 24.4 Å². The number of rotatable bonds is 4. The van der Waals surface area contributed by atoms with E-state index in [1.165, 1.54) is 0 Å². The summed E-state index contributed by atoms with van der Waals surface area (Å²) >= 11 is 1.61. The third-order valence-corrected chi connectivity index (χ3v) is 3.44. The minimum Gasteiger partial charge on any atom is -0.385 e. The fraction of sp³-hybridized carbons (Fsp3) is 0.667. The minimum atomic E-state index is -0.702. The van der Waals surface area contributed by atoms with E-state index in [0.717, 1.165) is 17.8 Å². The molecule has 0 radical (unpaired) electrons. The number of aliphatic hydroxyl groups is 1. The van der Waals surface area contributed by atoms with Crippen molar-refractivity contribution in [1.29, 1.82) is 0 Å². The van der Waals surface area contributed by atoms with Crippen LogP contribution in [0.4, 0.5) is 0 Å². The van der Waals surface area contributed by atoms with Crippen LogP contribution in [0.3, 0.4) is 0 Å². The van der Waals surface area contributed by atoms with E-state index < -0.39 is 5.60 Å². The molecule has 2 N–H and O–H groups in total. The molecule has 86 valence electrons. The van der Waals surface area contributed by atoms with E-state index in [-0.39, 0.29) is 5.54 Å². The van der Waals surface area contributed by atoms with Gasteiger partial charge in [-0.15, -0.1) is 11.3 Å². The van der Waals surface area contributed by atoms with Crippen LogP contribution >= 0.6 is 11.3 Å². The molecule has 0 saturated carbocycles. The van der Waals surface area contributed by atoms with Crippen LogP contribution in [0.15, 0.2) is 17.5 Å². The maximum atomic E-state index is 10.2. The van der Waals surface area contributed by atoms with Crippen molar-refractivity contribution in [2.75, 3.05) is 6.54 Å². The molecule has 15 heavy (non-hydrogen) atoms. The predicted molar refractivity (Wildman–Crippen MR) is 66.3 cm³/mol. The van der Waals surface area contributed by atoms with E-state index in [0.29, 0.717) is 0 Å². The molecule has 3 heteroatoms. The summed E-state index contributed by atoms with van der Waals surface area (Å²) in [6, 6.07) is 3.97. The monoisotopic (exact) mass is 227 g/mol. The summed E-state index contributed by atoms with van der Waals surface area (Å²) in [7, 11) is 0. The Kier molecular flexibility index (Phi) is 3.93. The fourth-order valence-corrected chi connectivity index (χ4v) is 2.21. The van der Waals surface area contributed by atoms with Crippen molar-refractivity contribution >= 4 is 11.3 Å². The Balaban J connectivity index is 2.44. The molecule has 2 nitrogen and oxygen atoms in total. The average Bonchev–Trinajstić information content (AvgIpc) is 2.52. The zero-order chi connectivity index (χ0) is 11.5. The van der Waals surface area contributed by atoms with Crippen LogP contribution in [-0.2, 0) is 5.60 Å². The standard InChI is InChI=1S/C12H21NOS/c1-11(2,3)13-8-7-12(4,14)10-6-5-9-15-10/h5-6,9,13-14H,7-8H2,1-4H3. The topological polar surface area (TPSA) is 32.3 Å². The smallest absolute Gasteiger partial charge is 0.0971 e. The summed E-state index contributed by atoms with van der Waals surface area (Å²) in [4.78, 5) is 1.04. The van der Waals surface area contributed by atoms with Gasteiger partial charge in [0.1, 0.15) is 0 Å². The van der Waals surface area contributed by atoms with Gasteiger partial charge in [0.25, 0.3) is 0 Å². The van der Waals surface area contributed by atoms with E-state index in [2.05, 4.69) is 26.1 Å². The molecule has 0 bridgehead atoms. The highest BCUT2D eigenvalue weighted by Crippen LogP contribution is 2.28. The highest BCUT2D eigenvalue weighted by Gasteiger charge is 2.24. The van der Waals surface area contributed by atoms with Crippen LogP contribution in [0.1, 0.15) is 39.0 Å².